The Balaban J connectivity index is 1.30. The summed E-state index contributed by atoms with van der Waals surface area (Å²) in [4.78, 5) is 17.6. The quantitative estimate of drug-likeness (QED) is 0.233. The van der Waals surface area contributed by atoms with Crippen molar-refractivity contribution >= 4 is 55.0 Å². The molecule has 7 heteroatoms. The number of pyridine rings is 1. The van der Waals surface area contributed by atoms with Gasteiger partial charge in [-0.25, -0.2) is 15.0 Å². The molecule has 0 fully saturated rings. The second-order valence-electron chi connectivity index (χ2n) is 10.0. The van der Waals surface area contributed by atoms with Crippen molar-refractivity contribution in [2.24, 2.45) is 0 Å². The third-order valence-electron chi connectivity index (χ3n) is 7.75. The summed E-state index contributed by atoms with van der Waals surface area (Å²) in [6.45, 7) is 0. The zero-order chi connectivity index (χ0) is 26.9. The molecule has 4 aromatic carbocycles. The Morgan fingerprint density at radius 2 is 1.15 bits per heavy atom. The maximum absolute atomic E-state index is 5.80. The Labute approximate surface area is 233 Å². The lowest BCUT2D eigenvalue weighted by Crippen LogP contribution is -1.96. The Kier molecular flexibility index (Phi) is 4.48. The maximum atomic E-state index is 5.80. The molecule has 5 heterocycles. The monoisotopic (exact) mass is 528 g/mol. The summed E-state index contributed by atoms with van der Waals surface area (Å²) in [5, 5.41) is 4.80. The van der Waals surface area contributed by atoms with Crippen LogP contribution in [0.5, 0.6) is 0 Å². The molecule has 5 aromatic heterocycles. The number of para-hydroxylation sites is 3. The Bertz CT molecular complexity index is 2380. The number of hydrogen-bond acceptors (Lipinski definition) is 5. The van der Waals surface area contributed by atoms with Gasteiger partial charge in [-0.2, -0.15) is 4.98 Å². The predicted octanol–water partition coefficient (Wildman–Crippen LogP) is 7.87. The second kappa shape index (κ2) is 8.34. The first kappa shape index (κ1) is 22.0. The van der Waals surface area contributed by atoms with E-state index in [2.05, 4.69) is 121 Å². The molecule has 0 saturated heterocycles. The molecule has 0 aliphatic rings. The lowest BCUT2D eigenvalue weighted by molar-refractivity contribution is 0.604. The van der Waals surface area contributed by atoms with Crippen LogP contribution in [0.2, 0.25) is 0 Å². The molecule has 0 amide bonds. The molecule has 0 aliphatic carbocycles. The van der Waals surface area contributed by atoms with Crippen LogP contribution in [0.3, 0.4) is 0 Å². The van der Waals surface area contributed by atoms with Gasteiger partial charge >= 0.3 is 0 Å². The van der Waals surface area contributed by atoms with E-state index in [0.29, 0.717) is 22.9 Å². The third-order valence-corrected chi connectivity index (χ3v) is 7.75. The van der Waals surface area contributed by atoms with Gasteiger partial charge in [-0.3, -0.25) is 0 Å². The van der Waals surface area contributed by atoms with Crippen molar-refractivity contribution in [2.45, 2.75) is 0 Å². The normalized spacial score (nSPS) is 11.9. The summed E-state index contributed by atoms with van der Waals surface area (Å²) in [6.07, 6.45) is 5.06. The summed E-state index contributed by atoms with van der Waals surface area (Å²) < 4.78 is 10.4. The highest BCUT2D eigenvalue weighted by molar-refractivity contribution is 6.19. The van der Waals surface area contributed by atoms with E-state index in [4.69, 9.17) is 9.40 Å². The lowest BCUT2D eigenvalue weighted by atomic mass is 10.1. The fourth-order valence-electron chi connectivity index (χ4n) is 6.00. The first-order valence-corrected chi connectivity index (χ1v) is 13.4. The average Bonchev–Trinajstić information content (AvgIpc) is 3.71. The topological polar surface area (TPSA) is 74.6 Å². The molecular formula is C34H20N6O. The number of oxazole rings is 1. The predicted molar refractivity (Wildman–Crippen MR) is 162 cm³/mol. The number of fused-ring (bicyclic) bond motifs is 7. The average molecular weight is 529 g/mol. The van der Waals surface area contributed by atoms with Crippen LogP contribution in [0.4, 0.5) is 0 Å². The molecule has 41 heavy (non-hydrogen) atoms. The largest absolute Gasteiger partial charge is 0.414 e. The van der Waals surface area contributed by atoms with Crippen molar-refractivity contribution in [3.63, 3.8) is 0 Å². The van der Waals surface area contributed by atoms with Crippen molar-refractivity contribution in [1.82, 2.24) is 29.1 Å². The van der Waals surface area contributed by atoms with Gasteiger partial charge in [0.05, 0.1) is 34.0 Å². The highest BCUT2D eigenvalue weighted by Crippen LogP contribution is 2.39. The number of hydrogen-bond donors (Lipinski definition) is 0. The van der Waals surface area contributed by atoms with Crippen molar-refractivity contribution in [2.75, 3.05) is 0 Å². The Hall–Kier alpha value is -5.82. The van der Waals surface area contributed by atoms with Crippen molar-refractivity contribution in [3.05, 3.63) is 122 Å². The highest BCUT2D eigenvalue weighted by Gasteiger charge is 2.19. The van der Waals surface area contributed by atoms with Crippen LogP contribution in [-0.2, 0) is 0 Å². The van der Waals surface area contributed by atoms with E-state index in [1.54, 1.807) is 12.4 Å². The van der Waals surface area contributed by atoms with E-state index in [0.717, 1.165) is 22.4 Å². The van der Waals surface area contributed by atoms with Gasteiger partial charge in [0, 0.05) is 39.6 Å². The van der Waals surface area contributed by atoms with Gasteiger partial charge in [-0.15, -0.1) is 0 Å². The Morgan fingerprint density at radius 3 is 1.80 bits per heavy atom. The van der Waals surface area contributed by atoms with E-state index in [1.165, 1.54) is 32.6 Å². The van der Waals surface area contributed by atoms with Crippen LogP contribution in [0.1, 0.15) is 0 Å². The van der Waals surface area contributed by atoms with E-state index in [9.17, 15) is 0 Å². The zero-order valence-corrected chi connectivity index (χ0v) is 21.6. The van der Waals surface area contributed by atoms with Crippen molar-refractivity contribution < 1.29 is 4.42 Å². The van der Waals surface area contributed by atoms with Crippen LogP contribution < -0.4 is 0 Å². The summed E-state index contributed by atoms with van der Waals surface area (Å²) in [7, 11) is 0. The van der Waals surface area contributed by atoms with Crippen LogP contribution in [0, 0.1) is 0 Å². The molecule has 7 nitrogen and oxygen atoms in total. The van der Waals surface area contributed by atoms with Gasteiger partial charge in [-0.05, 0) is 48.5 Å². The number of rotatable bonds is 3. The smallest absolute Gasteiger partial charge is 0.266 e. The number of nitrogens with zero attached hydrogens (tertiary/aromatic N) is 6. The standard InChI is InChI=1S/C34H20N6O/c1-2-8-21(9-3-1)39-28-12-6-4-10-23(28)25-19-31-26(18-30(25)39)24-11-5-7-13-29(24)40(31)22-14-15-27(37-20-22)33-38-32-34(41-33)36-17-16-35-32/h1-20H. The number of aromatic nitrogens is 6. The fourth-order valence-corrected chi connectivity index (χ4v) is 6.00. The zero-order valence-electron chi connectivity index (χ0n) is 21.6. The molecule has 9 aromatic rings. The minimum Gasteiger partial charge on any atom is -0.414 e. The molecule has 192 valence electrons. The van der Waals surface area contributed by atoms with Gasteiger partial charge in [0.2, 0.25) is 11.5 Å². The molecule has 0 aliphatic heterocycles. The molecule has 0 spiro atoms. The van der Waals surface area contributed by atoms with Gasteiger partial charge in [0.25, 0.3) is 5.71 Å². The van der Waals surface area contributed by atoms with Crippen LogP contribution >= 0.6 is 0 Å². The first-order chi connectivity index (χ1) is 20.3. The summed E-state index contributed by atoms with van der Waals surface area (Å²) in [5.74, 6) is 0.399. The van der Waals surface area contributed by atoms with Gasteiger partial charge in [0.1, 0.15) is 5.69 Å². The maximum Gasteiger partial charge on any atom is 0.266 e. The minimum atomic E-state index is 0.398. The molecule has 0 saturated carbocycles. The lowest BCUT2D eigenvalue weighted by Gasteiger charge is -2.09. The molecule has 0 radical (unpaired) electrons. The molecule has 0 bridgehead atoms. The van der Waals surface area contributed by atoms with E-state index in [-0.39, 0.29) is 0 Å². The highest BCUT2D eigenvalue weighted by atomic mass is 16.4. The first-order valence-electron chi connectivity index (χ1n) is 13.4. The summed E-state index contributed by atoms with van der Waals surface area (Å²) in [5.41, 5.74) is 8.20. The van der Waals surface area contributed by atoms with Crippen molar-refractivity contribution in [3.8, 4) is 23.0 Å². The van der Waals surface area contributed by atoms with Crippen LogP contribution in [0.15, 0.2) is 126 Å². The second-order valence-corrected chi connectivity index (χ2v) is 10.0. The molecule has 9 rings (SSSR count). The molecule has 0 N–H and O–H groups in total. The minimum absolute atomic E-state index is 0.398. The van der Waals surface area contributed by atoms with Gasteiger partial charge in [-0.1, -0.05) is 54.6 Å². The van der Waals surface area contributed by atoms with Crippen LogP contribution in [0.25, 0.3) is 77.9 Å². The van der Waals surface area contributed by atoms with E-state index >= 15 is 0 Å². The molecule has 0 unspecified atom stereocenters. The summed E-state index contributed by atoms with van der Waals surface area (Å²) in [6, 6.07) is 36.3. The van der Waals surface area contributed by atoms with Crippen molar-refractivity contribution in [1.29, 1.82) is 0 Å². The van der Waals surface area contributed by atoms with E-state index in [1.807, 2.05) is 12.3 Å². The SMILES string of the molecule is c1ccc(-n2c3ccccc3c3cc4c(cc32)c2ccccc2n4-c2ccc(-c3nc4nccnc4o3)nc2)cc1. The van der Waals surface area contributed by atoms with E-state index < -0.39 is 0 Å². The molecular weight excluding hydrogens is 508 g/mol. The number of benzene rings is 4. The summed E-state index contributed by atoms with van der Waals surface area (Å²) >= 11 is 0. The van der Waals surface area contributed by atoms with Gasteiger partial charge in [0.15, 0.2) is 0 Å². The third kappa shape index (κ3) is 3.20. The Morgan fingerprint density at radius 1 is 0.512 bits per heavy atom. The van der Waals surface area contributed by atoms with Crippen LogP contribution in [-0.4, -0.2) is 29.1 Å². The molecule has 0 atom stereocenters. The van der Waals surface area contributed by atoms with Gasteiger partial charge < -0.3 is 13.6 Å². The fraction of sp³-hybridized carbons (Fsp3) is 0.